The van der Waals surface area contributed by atoms with E-state index < -0.39 is 10.8 Å². The number of nitro groups is 1. The van der Waals surface area contributed by atoms with Crippen LogP contribution in [0.5, 0.6) is 0 Å². The molecule has 2 aromatic rings. The predicted octanol–water partition coefficient (Wildman–Crippen LogP) is 4.43. The molecule has 0 spiro atoms. The van der Waals surface area contributed by atoms with Crippen LogP contribution in [0.2, 0.25) is 5.02 Å². The Bertz CT molecular complexity index is 749. The molecule has 2 rings (SSSR count). The van der Waals surface area contributed by atoms with Gasteiger partial charge in [0.25, 0.3) is 11.6 Å². The Morgan fingerprint density at radius 2 is 1.73 bits per heavy atom. The first-order valence-electron chi connectivity index (χ1n) is 6.62. The SMILES string of the molecule is Cc1cc(C)c(NC(=O)c2cc([N+](=O)[O-])ccc2Cl)c(C)c1. The summed E-state index contributed by atoms with van der Waals surface area (Å²) >= 11 is 5.98. The summed E-state index contributed by atoms with van der Waals surface area (Å²) in [7, 11) is 0. The number of non-ortho nitro benzene ring substituents is 1. The second kappa shape index (κ2) is 6.15. The molecular weight excluding hydrogens is 304 g/mol. The van der Waals surface area contributed by atoms with Crippen LogP contribution in [0.25, 0.3) is 0 Å². The molecule has 0 aromatic heterocycles. The number of hydrogen-bond acceptors (Lipinski definition) is 3. The van der Waals surface area contributed by atoms with Crippen molar-refractivity contribution in [1.82, 2.24) is 0 Å². The number of halogens is 1. The molecule has 114 valence electrons. The van der Waals surface area contributed by atoms with Crippen LogP contribution in [0.15, 0.2) is 30.3 Å². The van der Waals surface area contributed by atoms with E-state index in [1.54, 1.807) is 0 Å². The molecule has 2 aromatic carbocycles. The third-order valence-electron chi connectivity index (χ3n) is 3.32. The van der Waals surface area contributed by atoms with Gasteiger partial charge in [-0.25, -0.2) is 0 Å². The molecule has 0 radical (unpaired) electrons. The molecule has 0 atom stereocenters. The van der Waals surface area contributed by atoms with Crippen molar-refractivity contribution in [2.24, 2.45) is 0 Å². The number of aryl methyl sites for hydroxylation is 3. The van der Waals surface area contributed by atoms with Crippen molar-refractivity contribution in [3.8, 4) is 0 Å². The van der Waals surface area contributed by atoms with Gasteiger partial charge in [-0.2, -0.15) is 0 Å². The first kappa shape index (κ1) is 16.0. The minimum absolute atomic E-state index is 0.0789. The summed E-state index contributed by atoms with van der Waals surface area (Å²) < 4.78 is 0. The van der Waals surface area contributed by atoms with Gasteiger partial charge in [-0.3, -0.25) is 14.9 Å². The summed E-state index contributed by atoms with van der Waals surface area (Å²) in [5.74, 6) is -0.469. The van der Waals surface area contributed by atoms with E-state index in [-0.39, 0.29) is 16.3 Å². The molecule has 1 amide bonds. The molecule has 0 fully saturated rings. The highest BCUT2D eigenvalue weighted by Gasteiger charge is 2.17. The van der Waals surface area contributed by atoms with E-state index in [1.165, 1.54) is 18.2 Å². The van der Waals surface area contributed by atoms with Crippen LogP contribution in [-0.4, -0.2) is 10.8 Å². The zero-order valence-electron chi connectivity index (χ0n) is 12.4. The largest absolute Gasteiger partial charge is 0.321 e. The van der Waals surface area contributed by atoms with Crippen LogP contribution in [-0.2, 0) is 0 Å². The minimum Gasteiger partial charge on any atom is -0.321 e. The zero-order chi connectivity index (χ0) is 16.4. The number of rotatable bonds is 3. The summed E-state index contributed by atoms with van der Waals surface area (Å²) in [5, 5.41) is 13.8. The first-order chi connectivity index (χ1) is 10.3. The monoisotopic (exact) mass is 318 g/mol. The maximum absolute atomic E-state index is 12.4. The van der Waals surface area contributed by atoms with E-state index in [1.807, 2.05) is 32.9 Å². The Balaban J connectivity index is 2.38. The fraction of sp³-hybridized carbons (Fsp3) is 0.188. The normalized spacial score (nSPS) is 10.4. The maximum Gasteiger partial charge on any atom is 0.270 e. The molecule has 1 N–H and O–H groups in total. The van der Waals surface area contributed by atoms with E-state index in [0.717, 1.165) is 16.7 Å². The van der Waals surface area contributed by atoms with Gasteiger partial charge in [0.1, 0.15) is 0 Å². The standard InChI is InChI=1S/C16H15ClN2O3/c1-9-6-10(2)15(11(3)7-9)18-16(20)13-8-12(19(21)22)4-5-14(13)17/h4-8H,1-3H3,(H,18,20). The van der Waals surface area contributed by atoms with Gasteiger partial charge in [-0.15, -0.1) is 0 Å². The molecule has 5 nitrogen and oxygen atoms in total. The van der Waals surface area contributed by atoms with Gasteiger partial charge in [0, 0.05) is 17.8 Å². The van der Waals surface area contributed by atoms with Crippen molar-refractivity contribution in [3.63, 3.8) is 0 Å². The fourth-order valence-electron chi connectivity index (χ4n) is 2.36. The molecule has 6 heteroatoms. The lowest BCUT2D eigenvalue weighted by atomic mass is 10.0. The Kier molecular flexibility index (Phi) is 4.47. The summed E-state index contributed by atoms with van der Waals surface area (Å²) in [6.07, 6.45) is 0. The highest BCUT2D eigenvalue weighted by atomic mass is 35.5. The van der Waals surface area contributed by atoms with Crippen LogP contribution in [0.1, 0.15) is 27.0 Å². The van der Waals surface area contributed by atoms with Crippen molar-refractivity contribution in [2.75, 3.05) is 5.32 Å². The number of benzene rings is 2. The van der Waals surface area contributed by atoms with Crippen LogP contribution >= 0.6 is 11.6 Å². The van der Waals surface area contributed by atoms with Gasteiger partial charge in [-0.05, 0) is 38.0 Å². The van der Waals surface area contributed by atoms with Crippen molar-refractivity contribution >= 4 is 28.9 Å². The van der Waals surface area contributed by atoms with E-state index in [2.05, 4.69) is 5.32 Å². The number of carbonyl (C=O) groups is 1. The van der Waals surface area contributed by atoms with Crippen LogP contribution in [0, 0.1) is 30.9 Å². The van der Waals surface area contributed by atoms with Gasteiger partial charge >= 0.3 is 0 Å². The molecule has 22 heavy (non-hydrogen) atoms. The van der Waals surface area contributed by atoms with Crippen LogP contribution < -0.4 is 5.32 Å². The van der Waals surface area contributed by atoms with Crippen LogP contribution in [0.4, 0.5) is 11.4 Å². The van der Waals surface area contributed by atoms with Gasteiger partial charge < -0.3 is 5.32 Å². The third-order valence-corrected chi connectivity index (χ3v) is 3.65. The van der Waals surface area contributed by atoms with Crippen molar-refractivity contribution in [1.29, 1.82) is 0 Å². The lowest BCUT2D eigenvalue weighted by Gasteiger charge is -2.13. The highest BCUT2D eigenvalue weighted by molar-refractivity contribution is 6.34. The van der Waals surface area contributed by atoms with E-state index in [9.17, 15) is 14.9 Å². The number of anilines is 1. The molecular formula is C16H15ClN2O3. The Morgan fingerprint density at radius 1 is 1.14 bits per heavy atom. The van der Waals surface area contributed by atoms with E-state index >= 15 is 0 Å². The molecule has 0 bridgehead atoms. The Hall–Kier alpha value is -2.40. The quantitative estimate of drug-likeness (QED) is 0.672. The zero-order valence-corrected chi connectivity index (χ0v) is 13.2. The smallest absolute Gasteiger partial charge is 0.270 e. The molecule has 0 saturated carbocycles. The summed E-state index contributed by atoms with van der Waals surface area (Å²) in [4.78, 5) is 22.6. The second-order valence-corrected chi connectivity index (χ2v) is 5.56. The van der Waals surface area contributed by atoms with E-state index in [0.29, 0.717) is 5.69 Å². The molecule has 0 unspecified atom stereocenters. The first-order valence-corrected chi connectivity index (χ1v) is 7.00. The van der Waals surface area contributed by atoms with Crippen molar-refractivity contribution < 1.29 is 9.72 Å². The molecule has 0 heterocycles. The van der Waals surface area contributed by atoms with Gasteiger partial charge in [0.05, 0.1) is 15.5 Å². The predicted molar refractivity (Wildman–Crippen MR) is 86.7 cm³/mol. The summed E-state index contributed by atoms with van der Waals surface area (Å²) in [6.45, 7) is 5.76. The van der Waals surface area contributed by atoms with Crippen molar-refractivity contribution in [2.45, 2.75) is 20.8 Å². The Morgan fingerprint density at radius 3 is 2.27 bits per heavy atom. The average Bonchev–Trinajstić information content (AvgIpc) is 2.42. The molecule has 0 saturated heterocycles. The van der Waals surface area contributed by atoms with E-state index in [4.69, 9.17) is 11.6 Å². The number of carbonyl (C=O) groups excluding carboxylic acids is 1. The second-order valence-electron chi connectivity index (χ2n) is 5.15. The van der Waals surface area contributed by atoms with Crippen LogP contribution in [0.3, 0.4) is 0 Å². The molecule has 0 aliphatic rings. The molecule has 0 aliphatic carbocycles. The molecule has 0 aliphatic heterocycles. The van der Waals surface area contributed by atoms with Crippen molar-refractivity contribution in [3.05, 3.63) is 67.7 Å². The average molecular weight is 319 g/mol. The van der Waals surface area contributed by atoms with Gasteiger partial charge in [-0.1, -0.05) is 29.3 Å². The number of nitro benzene ring substituents is 1. The van der Waals surface area contributed by atoms with Gasteiger partial charge in [0.15, 0.2) is 0 Å². The lowest BCUT2D eigenvalue weighted by molar-refractivity contribution is -0.384. The summed E-state index contributed by atoms with van der Waals surface area (Å²) in [5.41, 5.74) is 3.54. The van der Waals surface area contributed by atoms with Gasteiger partial charge in [0.2, 0.25) is 0 Å². The number of amides is 1. The Labute approximate surface area is 133 Å². The number of nitrogens with one attached hydrogen (secondary N) is 1. The maximum atomic E-state index is 12.4. The number of hydrogen-bond donors (Lipinski definition) is 1. The lowest BCUT2D eigenvalue weighted by Crippen LogP contribution is -2.14. The third kappa shape index (κ3) is 3.26. The minimum atomic E-state index is -0.560. The highest BCUT2D eigenvalue weighted by Crippen LogP contribution is 2.26. The number of nitrogens with zero attached hydrogens (tertiary/aromatic N) is 1. The fourth-order valence-corrected chi connectivity index (χ4v) is 2.56. The topological polar surface area (TPSA) is 72.2 Å². The summed E-state index contributed by atoms with van der Waals surface area (Å²) in [6, 6.07) is 7.71.